The number of rotatable bonds is 6. The fourth-order valence-corrected chi connectivity index (χ4v) is 2.40. The lowest BCUT2D eigenvalue weighted by atomic mass is 10.2. The normalized spacial score (nSPS) is 10.8. The number of aromatic nitrogens is 2. The number of imidazole rings is 1. The first kappa shape index (κ1) is 21.9. The number of hydrogen-bond acceptors (Lipinski definition) is 3. The zero-order valence-corrected chi connectivity index (χ0v) is 18.0. The summed E-state index contributed by atoms with van der Waals surface area (Å²) in [5, 5.41) is 3.20. The summed E-state index contributed by atoms with van der Waals surface area (Å²) < 4.78 is 0. The summed E-state index contributed by atoms with van der Waals surface area (Å²) in [4.78, 5) is 27.2. The summed E-state index contributed by atoms with van der Waals surface area (Å²) in [6.07, 6.45) is 2.27. The minimum Gasteiger partial charge on any atom is -0.356 e. The molecule has 0 aliphatic heterocycles. The van der Waals surface area contributed by atoms with Crippen molar-refractivity contribution in [2.24, 2.45) is 4.99 Å². The van der Waals surface area contributed by atoms with E-state index in [4.69, 9.17) is 0 Å². The van der Waals surface area contributed by atoms with Crippen LogP contribution >= 0.6 is 24.0 Å². The predicted molar refractivity (Wildman–Crippen MR) is 116 cm³/mol. The lowest BCUT2D eigenvalue weighted by molar-refractivity contribution is -0.128. The Morgan fingerprint density at radius 1 is 1.23 bits per heavy atom. The Morgan fingerprint density at radius 2 is 1.92 bits per heavy atom. The fourth-order valence-electron chi connectivity index (χ4n) is 2.40. The minimum atomic E-state index is 0. The van der Waals surface area contributed by atoms with Crippen molar-refractivity contribution in [3.63, 3.8) is 0 Å². The highest BCUT2D eigenvalue weighted by atomic mass is 127. The molecule has 1 heterocycles. The molecule has 0 aliphatic rings. The highest BCUT2D eigenvalue weighted by Gasteiger charge is 2.11. The molecule has 0 spiro atoms. The van der Waals surface area contributed by atoms with Crippen molar-refractivity contribution >= 4 is 35.8 Å². The quantitative estimate of drug-likeness (QED) is 0.386. The summed E-state index contributed by atoms with van der Waals surface area (Å²) in [6, 6.07) is 10.1. The van der Waals surface area contributed by atoms with E-state index in [-0.39, 0.29) is 29.9 Å². The van der Waals surface area contributed by atoms with Crippen molar-refractivity contribution in [1.29, 1.82) is 0 Å². The van der Waals surface area contributed by atoms with E-state index >= 15 is 0 Å². The van der Waals surface area contributed by atoms with Gasteiger partial charge in [-0.3, -0.25) is 9.79 Å². The number of benzene rings is 1. The standard InChI is InChI=1S/C18H26N6O.HI/c1-19-18(20-11-10-17(25)23(2)3)24(4)13-16-21-12-15(22-16)14-8-6-5-7-9-14;/h5-9,12H,10-11,13H2,1-4H3,(H,19,20)(H,21,22);1H. The minimum absolute atomic E-state index is 0. The molecule has 0 bridgehead atoms. The molecule has 2 N–H and O–H groups in total. The summed E-state index contributed by atoms with van der Waals surface area (Å²) in [6.45, 7) is 1.13. The third-order valence-electron chi connectivity index (χ3n) is 3.79. The first-order valence-corrected chi connectivity index (χ1v) is 8.22. The molecule has 0 aliphatic carbocycles. The molecule has 2 aromatic rings. The molecule has 8 heteroatoms. The molecular weight excluding hydrogens is 443 g/mol. The molecule has 1 aromatic heterocycles. The molecule has 0 saturated carbocycles. The number of aliphatic imine (C=N–C) groups is 1. The molecule has 0 radical (unpaired) electrons. The number of carbonyl (C=O) groups is 1. The van der Waals surface area contributed by atoms with Crippen LogP contribution < -0.4 is 5.32 Å². The fraction of sp³-hybridized carbons (Fsp3) is 0.389. The van der Waals surface area contributed by atoms with Gasteiger partial charge in [-0.15, -0.1) is 24.0 Å². The highest BCUT2D eigenvalue weighted by molar-refractivity contribution is 14.0. The van der Waals surface area contributed by atoms with Crippen LogP contribution in [0.15, 0.2) is 41.5 Å². The van der Waals surface area contributed by atoms with E-state index in [1.54, 1.807) is 26.0 Å². The number of hydrogen-bond donors (Lipinski definition) is 2. The third kappa shape index (κ3) is 6.32. The number of aromatic amines is 1. The molecule has 0 saturated heterocycles. The number of H-pyrrole nitrogens is 1. The summed E-state index contributed by atoms with van der Waals surface area (Å²) in [5.74, 6) is 1.67. The second-order valence-electron chi connectivity index (χ2n) is 5.98. The molecule has 0 unspecified atom stereocenters. The van der Waals surface area contributed by atoms with Gasteiger partial charge in [0.05, 0.1) is 18.4 Å². The highest BCUT2D eigenvalue weighted by Crippen LogP contribution is 2.16. The summed E-state index contributed by atoms with van der Waals surface area (Å²) in [7, 11) is 7.17. The Bertz CT molecular complexity index is 713. The van der Waals surface area contributed by atoms with Gasteiger partial charge in [0, 0.05) is 41.2 Å². The zero-order chi connectivity index (χ0) is 18.2. The van der Waals surface area contributed by atoms with E-state index in [0.29, 0.717) is 19.5 Å². The van der Waals surface area contributed by atoms with Crippen molar-refractivity contribution in [3.8, 4) is 11.3 Å². The molecular formula is C18H27IN6O. The molecule has 142 valence electrons. The third-order valence-corrected chi connectivity index (χ3v) is 3.79. The Kier molecular flexibility index (Phi) is 9.11. The van der Waals surface area contributed by atoms with Gasteiger partial charge in [0.2, 0.25) is 5.91 Å². The van der Waals surface area contributed by atoms with Crippen LogP contribution in [0, 0.1) is 0 Å². The van der Waals surface area contributed by atoms with Gasteiger partial charge in [0.1, 0.15) is 5.82 Å². The average Bonchev–Trinajstić information content (AvgIpc) is 3.07. The van der Waals surface area contributed by atoms with Gasteiger partial charge < -0.3 is 20.1 Å². The SMILES string of the molecule is CN=C(NCCC(=O)N(C)C)N(C)Cc1ncc(-c2ccccc2)[nH]1.I. The van der Waals surface area contributed by atoms with E-state index in [1.165, 1.54) is 0 Å². The van der Waals surface area contributed by atoms with Crippen LogP contribution in [0.25, 0.3) is 11.3 Å². The molecule has 0 fully saturated rings. The molecule has 1 amide bonds. The molecule has 7 nitrogen and oxygen atoms in total. The molecule has 2 rings (SSSR count). The molecule has 1 aromatic carbocycles. The largest absolute Gasteiger partial charge is 0.356 e. The van der Waals surface area contributed by atoms with Gasteiger partial charge in [-0.2, -0.15) is 0 Å². The summed E-state index contributed by atoms with van der Waals surface area (Å²) >= 11 is 0. The zero-order valence-electron chi connectivity index (χ0n) is 15.7. The number of halogens is 1. The molecule has 0 atom stereocenters. The van der Waals surface area contributed by atoms with Gasteiger partial charge in [0.25, 0.3) is 0 Å². The smallest absolute Gasteiger partial charge is 0.223 e. The van der Waals surface area contributed by atoms with Crippen LogP contribution in [-0.2, 0) is 11.3 Å². The van der Waals surface area contributed by atoms with Gasteiger partial charge in [-0.1, -0.05) is 30.3 Å². The Labute approximate surface area is 171 Å². The van der Waals surface area contributed by atoms with Crippen molar-refractivity contribution in [2.45, 2.75) is 13.0 Å². The van der Waals surface area contributed by atoms with Gasteiger partial charge in [0.15, 0.2) is 5.96 Å². The van der Waals surface area contributed by atoms with E-state index in [0.717, 1.165) is 23.0 Å². The lowest BCUT2D eigenvalue weighted by Crippen LogP contribution is -2.40. The number of nitrogens with one attached hydrogen (secondary N) is 2. The van der Waals surface area contributed by atoms with Crippen LogP contribution in [0.4, 0.5) is 0 Å². The maximum absolute atomic E-state index is 11.6. The first-order valence-electron chi connectivity index (χ1n) is 8.22. The molecule has 26 heavy (non-hydrogen) atoms. The Morgan fingerprint density at radius 3 is 2.54 bits per heavy atom. The van der Waals surface area contributed by atoms with Gasteiger partial charge >= 0.3 is 0 Å². The maximum atomic E-state index is 11.6. The second kappa shape index (κ2) is 10.8. The van der Waals surface area contributed by atoms with E-state index < -0.39 is 0 Å². The number of amides is 1. The summed E-state index contributed by atoms with van der Waals surface area (Å²) in [5.41, 5.74) is 2.09. The van der Waals surface area contributed by atoms with Crippen molar-refractivity contribution in [3.05, 3.63) is 42.4 Å². The van der Waals surface area contributed by atoms with Crippen LogP contribution in [0.5, 0.6) is 0 Å². The first-order chi connectivity index (χ1) is 12.0. The van der Waals surface area contributed by atoms with Crippen LogP contribution in [0.2, 0.25) is 0 Å². The van der Waals surface area contributed by atoms with Crippen molar-refractivity contribution in [1.82, 2.24) is 25.1 Å². The number of guanidine groups is 1. The Balaban J connectivity index is 0.00000338. The van der Waals surface area contributed by atoms with E-state index in [2.05, 4.69) is 20.3 Å². The topological polar surface area (TPSA) is 76.6 Å². The average molecular weight is 470 g/mol. The van der Waals surface area contributed by atoms with Gasteiger partial charge in [-0.25, -0.2) is 4.98 Å². The monoisotopic (exact) mass is 470 g/mol. The Hall–Kier alpha value is -2.10. The van der Waals surface area contributed by atoms with Gasteiger partial charge in [-0.05, 0) is 5.56 Å². The predicted octanol–water partition coefficient (Wildman–Crippen LogP) is 2.18. The van der Waals surface area contributed by atoms with Crippen molar-refractivity contribution in [2.75, 3.05) is 34.7 Å². The van der Waals surface area contributed by atoms with Crippen molar-refractivity contribution < 1.29 is 4.79 Å². The van der Waals surface area contributed by atoms with E-state index in [1.807, 2.05) is 48.5 Å². The lowest BCUT2D eigenvalue weighted by Gasteiger charge is -2.21. The van der Waals surface area contributed by atoms with Crippen LogP contribution in [0.1, 0.15) is 12.2 Å². The van der Waals surface area contributed by atoms with Crippen LogP contribution in [0.3, 0.4) is 0 Å². The maximum Gasteiger partial charge on any atom is 0.223 e. The second-order valence-corrected chi connectivity index (χ2v) is 5.98. The number of carbonyl (C=O) groups excluding carboxylic acids is 1. The number of nitrogens with zero attached hydrogens (tertiary/aromatic N) is 4. The van der Waals surface area contributed by atoms with E-state index in [9.17, 15) is 4.79 Å². The van der Waals surface area contributed by atoms with Crippen LogP contribution in [-0.4, -0.2) is 66.4 Å².